The van der Waals surface area contributed by atoms with E-state index in [9.17, 15) is 38.3 Å². The number of alkyl halides is 1. The van der Waals surface area contributed by atoms with Crippen LogP contribution in [0, 0.1) is 11.6 Å². The molecule has 10 atom stereocenters. The van der Waals surface area contributed by atoms with E-state index in [-0.39, 0.29) is 56.3 Å². The van der Waals surface area contributed by atoms with E-state index in [2.05, 4.69) is 52.5 Å². The van der Waals surface area contributed by atoms with Crippen molar-refractivity contribution < 1.29 is 66.2 Å². The third kappa shape index (κ3) is 16.5. The second kappa shape index (κ2) is 30.8. The lowest BCUT2D eigenvalue weighted by Crippen LogP contribution is -2.63. The van der Waals surface area contributed by atoms with Crippen LogP contribution in [-0.4, -0.2) is 191 Å². The number of amides is 9. The van der Waals surface area contributed by atoms with Gasteiger partial charge in [-0.2, -0.15) is 23.5 Å². The van der Waals surface area contributed by atoms with Gasteiger partial charge in [0, 0.05) is 102 Å². The zero-order valence-electron chi connectivity index (χ0n) is 55.2. The minimum Gasteiger partial charge on any atom is -0.497 e. The number of ether oxygens (including phenoxy) is 1. The maximum atomic E-state index is 16.3. The molecule has 7 heterocycles. The average Bonchev–Trinajstić information content (AvgIpc) is 1.67. The number of hydrogen-bond donors (Lipinski definition) is 9. The fourth-order valence-electron chi connectivity index (χ4n) is 13.2. The van der Waals surface area contributed by atoms with E-state index < -0.39 is 144 Å². The van der Waals surface area contributed by atoms with E-state index >= 15 is 23.2 Å². The van der Waals surface area contributed by atoms with Crippen molar-refractivity contribution in [3.05, 3.63) is 143 Å². The first-order valence-electron chi connectivity index (χ1n) is 32.8. The van der Waals surface area contributed by atoms with Gasteiger partial charge in [-0.15, -0.1) is 5.10 Å². The van der Waals surface area contributed by atoms with Crippen LogP contribution in [0.15, 0.2) is 97.5 Å². The molecule has 0 spiro atoms. The predicted molar refractivity (Wildman–Crippen MR) is 364 cm³/mol. The summed E-state index contributed by atoms with van der Waals surface area (Å²) in [5, 5.41) is 40.1. The number of aromatic nitrogens is 5. The largest absolute Gasteiger partial charge is 0.497 e. The molecular formula is C69H79F3N14O11S2. The Kier molecular flexibility index (Phi) is 22.0. The molecule has 2 saturated heterocycles. The minimum absolute atomic E-state index is 0.0224. The summed E-state index contributed by atoms with van der Waals surface area (Å²) >= 11 is 3.02. The zero-order chi connectivity index (χ0) is 70.4. The number of carbonyl (C=O) groups excluding carboxylic acids is 9. The van der Waals surface area contributed by atoms with Gasteiger partial charge < -0.3 is 66.4 Å². The molecule has 4 aromatic carbocycles. The first-order chi connectivity index (χ1) is 47.4. The van der Waals surface area contributed by atoms with E-state index in [0.717, 1.165) is 16.0 Å². The number of rotatable bonds is 6. The number of halogens is 3. The van der Waals surface area contributed by atoms with Gasteiger partial charge in [-0.25, -0.2) is 17.9 Å². The number of hydrogen-bond acceptors (Lipinski definition) is 15. The summed E-state index contributed by atoms with van der Waals surface area (Å²) in [6, 6.07) is 9.75. The molecule has 0 unspecified atom stereocenters. The highest BCUT2D eigenvalue weighted by atomic mass is 32.2. The molecule has 2 fully saturated rings. The van der Waals surface area contributed by atoms with Gasteiger partial charge in [0.05, 0.1) is 38.2 Å². The molecule has 0 aliphatic carbocycles. The molecule has 9 N–H and O–H groups in total. The van der Waals surface area contributed by atoms with Crippen molar-refractivity contribution in [2.45, 2.75) is 151 Å². The lowest BCUT2D eigenvalue weighted by molar-refractivity contribution is -0.147. The van der Waals surface area contributed by atoms with E-state index in [4.69, 9.17) is 4.74 Å². The van der Waals surface area contributed by atoms with Crippen LogP contribution >= 0.6 is 23.5 Å². The highest BCUT2D eigenvalue weighted by Crippen LogP contribution is 2.33. The molecule has 11 rings (SSSR count). The normalized spacial score (nSPS) is 25.2. The van der Waals surface area contributed by atoms with E-state index in [1.54, 1.807) is 64.6 Å². The maximum absolute atomic E-state index is 16.3. The molecule has 0 saturated carbocycles. The van der Waals surface area contributed by atoms with Gasteiger partial charge in [-0.05, 0) is 129 Å². The van der Waals surface area contributed by atoms with Gasteiger partial charge in [0.15, 0.2) is 0 Å². The summed E-state index contributed by atoms with van der Waals surface area (Å²) in [5.74, 6) is -6.35. The number of carbonyl (C=O) groups is 9. The Labute approximate surface area is 576 Å². The molecular weight excluding hydrogens is 1320 g/mol. The van der Waals surface area contributed by atoms with E-state index in [1.165, 1.54) is 87.1 Å². The number of thioether (sulfide) groups is 2. The van der Waals surface area contributed by atoms with Gasteiger partial charge in [0.25, 0.3) is 0 Å². The second-order valence-electron chi connectivity index (χ2n) is 25.8. The number of benzene rings is 4. The monoisotopic (exact) mass is 1400 g/mol. The number of nitrogens with zero attached hydrogens (tertiary/aromatic N) is 6. The number of methoxy groups -OCH3 is 1. The van der Waals surface area contributed by atoms with Crippen LogP contribution in [0.2, 0.25) is 0 Å². The Morgan fingerprint density at radius 3 is 2.18 bits per heavy atom. The average molecular weight is 1400 g/mol. The van der Waals surface area contributed by atoms with Crippen LogP contribution in [0.5, 0.6) is 5.75 Å². The van der Waals surface area contributed by atoms with Crippen molar-refractivity contribution in [1.82, 2.24) is 71.6 Å². The standard InChI is InChI=1S/C69H79F3N14O11S2/c1-37-61(89)76-38(2)62(90)77-54(25-43-30-74-53-13-9-45(70)27-51(43)53)63(91)78-56-26-44-31-83(57-14-10-46(71)28-52(44)57)33-48-34-86(82-81-48)49-22-41(35-98-19-15-59(88)75-37)21-42(23-49)36-99-20-17-73-68(96)69(4)16-6-18-85(69)67(95)55(24-40-7-11-50(97-5)12-8-40)79-65(93)60(39(3)87)80-64(92)58-29-47(72)32-84(58)66(56)94/h7-14,21-23,27-28,30-31,34,37-39,47,54-56,58,60,74,87H,6,15-20,24-26,29,32-33,35-36H2,1-5H3,(H,73,96)(H,75,88)(H,76,89)(H,77,90)(H,78,91)(H,79,93)(H,80,92)/t37-,38+,39+,47+,54-,55-,56+,58+,60-,69-/m0/s1. The molecule has 4 aliphatic heterocycles. The summed E-state index contributed by atoms with van der Waals surface area (Å²) in [6.07, 6.45) is 0.494. The molecule has 99 heavy (non-hydrogen) atoms. The number of aliphatic hydroxyl groups excluding tert-OH is 1. The van der Waals surface area contributed by atoms with Gasteiger partial charge in [0.1, 0.15) is 77.1 Å². The molecule has 0 radical (unpaired) electrons. The summed E-state index contributed by atoms with van der Waals surface area (Å²) < 4.78 is 55.7. The molecule has 8 bridgehead atoms. The van der Waals surface area contributed by atoms with Crippen molar-refractivity contribution in [3.8, 4) is 11.4 Å². The van der Waals surface area contributed by atoms with Crippen LogP contribution in [0.4, 0.5) is 13.2 Å². The molecule has 524 valence electrons. The number of H-pyrrole nitrogens is 1. The van der Waals surface area contributed by atoms with Crippen molar-refractivity contribution in [1.29, 1.82) is 0 Å². The topological polar surface area (TPSA) is 325 Å². The predicted octanol–water partition coefficient (Wildman–Crippen LogP) is 3.72. The van der Waals surface area contributed by atoms with E-state index in [0.29, 0.717) is 74.1 Å². The van der Waals surface area contributed by atoms with Gasteiger partial charge in [-0.3, -0.25) is 43.2 Å². The highest BCUT2D eigenvalue weighted by molar-refractivity contribution is 7.98. The SMILES string of the molecule is COc1ccc(C[C@@H]2NC(=O)[C@H]([C@@H](C)O)NC(=O)[C@H]3C[C@@H](F)CN3C(=O)[C@H]3Cc4cn(c5ccc(F)cc45)Cc4cn(nn4)-c4cc(cc(c4)CSCCC(=O)N[C@@H](C)C(=O)N[C@H](C)C(=O)N[C@@H](Cc4c[nH]c5ccc(F)cc45)C(=O)N3)CSCCNC(=O)[C@]3(C)CCCN3C2=O)cc1. The van der Waals surface area contributed by atoms with Crippen LogP contribution in [-0.2, 0) is 80.5 Å². The minimum atomic E-state index is -1.87. The van der Waals surface area contributed by atoms with Gasteiger partial charge in [0.2, 0.25) is 53.2 Å². The third-order valence-corrected chi connectivity index (χ3v) is 20.6. The maximum Gasteiger partial charge on any atom is 0.246 e. The highest BCUT2D eigenvalue weighted by Gasteiger charge is 2.49. The molecule has 3 aromatic heterocycles. The molecule has 9 amide bonds. The van der Waals surface area contributed by atoms with Crippen LogP contribution in [0.25, 0.3) is 27.5 Å². The Balaban J connectivity index is 1.01. The zero-order valence-corrected chi connectivity index (χ0v) is 56.8. The van der Waals surface area contributed by atoms with Crippen molar-refractivity contribution in [2.75, 3.05) is 38.2 Å². The Hall–Kier alpha value is -9.42. The smallest absolute Gasteiger partial charge is 0.246 e. The van der Waals surface area contributed by atoms with Gasteiger partial charge in [-0.1, -0.05) is 23.4 Å². The first kappa shape index (κ1) is 70.9. The van der Waals surface area contributed by atoms with Gasteiger partial charge >= 0.3 is 0 Å². The van der Waals surface area contributed by atoms with E-state index in [1.807, 2.05) is 18.2 Å². The third-order valence-electron chi connectivity index (χ3n) is 18.5. The van der Waals surface area contributed by atoms with Crippen molar-refractivity contribution in [3.63, 3.8) is 0 Å². The lowest BCUT2D eigenvalue weighted by Gasteiger charge is -2.37. The number of fused-ring (bicyclic) bond motifs is 7. The van der Waals surface area contributed by atoms with Crippen LogP contribution in [0.3, 0.4) is 0 Å². The Morgan fingerprint density at radius 1 is 0.747 bits per heavy atom. The number of aromatic amines is 1. The Morgan fingerprint density at radius 2 is 1.44 bits per heavy atom. The summed E-state index contributed by atoms with van der Waals surface area (Å²) in [5.41, 5.74) is 3.60. The number of nitrogens with one attached hydrogen (secondary N) is 8. The molecule has 4 aliphatic rings. The molecule has 7 aromatic rings. The lowest BCUT2D eigenvalue weighted by atomic mass is 9.95. The summed E-state index contributed by atoms with van der Waals surface area (Å²) in [4.78, 5) is 137. The fraction of sp³-hybridized carbons (Fsp3) is 0.435. The van der Waals surface area contributed by atoms with Crippen LogP contribution < -0.4 is 42.0 Å². The Bertz CT molecular complexity index is 4230. The number of aliphatic hydroxyl groups is 1. The summed E-state index contributed by atoms with van der Waals surface area (Å²) in [7, 11) is 1.49. The van der Waals surface area contributed by atoms with Crippen molar-refractivity contribution in [2.24, 2.45) is 0 Å². The van der Waals surface area contributed by atoms with Crippen LogP contribution in [0.1, 0.15) is 86.9 Å². The first-order valence-corrected chi connectivity index (χ1v) is 35.1. The second-order valence-corrected chi connectivity index (χ2v) is 28.0. The molecule has 25 nitrogen and oxygen atoms in total. The molecule has 30 heteroatoms. The summed E-state index contributed by atoms with van der Waals surface area (Å²) in [6.45, 7) is 5.35. The quantitative estimate of drug-likeness (QED) is 0.115. The van der Waals surface area contributed by atoms with Crippen molar-refractivity contribution >= 4 is 98.5 Å². The fourth-order valence-corrected chi connectivity index (χ4v) is 14.8.